The third-order valence-electron chi connectivity index (χ3n) is 4.07. The molecule has 4 rings (SSSR count). The van der Waals surface area contributed by atoms with Gasteiger partial charge in [-0.3, -0.25) is 9.97 Å². The number of ether oxygens (including phenoxy) is 1. The third-order valence-corrected chi connectivity index (χ3v) is 4.07. The topological polar surface area (TPSA) is 82.3 Å². The molecule has 0 saturated carbocycles. The van der Waals surface area contributed by atoms with Crippen molar-refractivity contribution in [3.8, 4) is 22.5 Å². The summed E-state index contributed by atoms with van der Waals surface area (Å²) >= 11 is 0. The Balaban J connectivity index is 2.03. The van der Waals surface area contributed by atoms with Gasteiger partial charge in [0.15, 0.2) is 11.5 Å². The Morgan fingerprint density at radius 1 is 1.08 bits per heavy atom. The highest BCUT2D eigenvalue weighted by Gasteiger charge is 2.23. The second-order valence-corrected chi connectivity index (χ2v) is 5.72. The number of esters is 1. The van der Waals surface area contributed by atoms with Crippen molar-refractivity contribution in [1.29, 1.82) is 0 Å². The first kappa shape index (κ1) is 15.9. The molecule has 0 atom stereocenters. The maximum atomic E-state index is 12.5. The molecule has 0 aliphatic rings. The number of methoxy groups -OCH3 is 1. The highest BCUT2D eigenvalue weighted by Crippen LogP contribution is 2.29. The molecule has 4 aromatic rings. The average molecular weight is 345 g/mol. The summed E-state index contributed by atoms with van der Waals surface area (Å²) in [5.41, 5.74) is 3.93. The number of pyridine rings is 3. The summed E-state index contributed by atoms with van der Waals surface area (Å²) < 4.78 is 6.66. The van der Waals surface area contributed by atoms with Crippen LogP contribution in [0.5, 0.6) is 0 Å². The second-order valence-electron chi connectivity index (χ2n) is 5.72. The molecule has 0 bridgehead atoms. The molecule has 0 spiro atoms. The number of fused-ring (bicyclic) bond motifs is 1. The van der Waals surface area contributed by atoms with Crippen molar-refractivity contribution in [2.75, 3.05) is 7.11 Å². The summed E-state index contributed by atoms with van der Waals surface area (Å²) in [5.74, 6) is 0.0219. The minimum atomic E-state index is -0.473. The van der Waals surface area contributed by atoms with Crippen LogP contribution < -0.4 is 0 Å². The minimum Gasteiger partial charge on any atom is -0.465 e. The monoisotopic (exact) mass is 345 g/mol. The Labute approximate surface area is 149 Å². The largest absolute Gasteiger partial charge is 0.465 e. The molecule has 0 aromatic carbocycles. The fourth-order valence-electron chi connectivity index (χ4n) is 2.85. The maximum absolute atomic E-state index is 12.5. The van der Waals surface area contributed by atoms with E-state index < -0.39 is 5.97 Å². The van der Waals surface area contributed by atoms with Crippen LogP contribution in [0.2, 0.25) is 0 Å². The summed E-state index contributed by atoms with van der Waals surface area (Å²) in [4.78, 5) is 25.4. The smallest absolute Gasteiger partial charge is 0.342 e. The molecule has 7 heteroatoms. The van der Waals surface area contributed by atoms with Gasteiger partial charge in [0.25, 0.3) is 0 Å². The van der Waals surface area contributed by atoms with Gasteiger partial charge in [0, 0.05) is 47.2 Å². The number of carbonyl (C=O) groups is 1. The quantitative estimate of drug-likeness (QED) is 0.531. The van der Waals surface area contributed by atoms with Crippen LogP contribution in [-0.2, 0) is 4.74 Å². The van der Waals surface area contributed by atoms with Crippen LogP contribution in [0.15, 0.2) is 55.1 Å². The lowest BCUT2D eigenvalue weighted by atomic mass is 10.0. The van der Waals surface area contributed by atoms with Crippen LogP contribution in [0.1, 0.15) is 16.1 Å². The summed E-state index contributed by atoms with van der Waals surface area (Å²) in [7, 11) is 1.35. The number of nitrogens with zero attached hydrogens (tertiary/aromatic N) is 5. The van der Waals surface area contributed by atoms with Crippen molar-refractivity contribution >= 4 is 11.6 Å². The number of rotatable bonds is 3. The Morgan fingerprint density at radius 3 is 2.38 bits per heavy atom. The molecule has 0 radical (unpaired) electrons. The van der Waals surface area contributed by atoms with Crippen molar-refractivity contribution < 1.29 is 9.53 Å². The van der Waals surface area contributed by atoms with E-state index in [2.05, 4.69) is 20.1 Å². The van der Waals surface area contributed by atoms with Crippen LogP contribution >= 0.6 is 0 Å². The number of aryl methyl sites for hydroxylation is 1. The highest BCUT2D eigenvalue weighted by molar-refractivity contribution is 6.03. The number of carbonyl (C=O) groups excluding carboxylic acids is 1. The fourth-order valence-corrected chi connectivity index (χ4v) is 2.85. The second kappa shape index (κ2) is 6.36. The van der Waals surface area contributed by atoms with Crippen molar-refractivity contribution in [2.45, 2.75) is 6.92 Å². The molecular formula is C19H15N5O2. The Kier molecular flexibility index (Phi) is 3.89. The molecule has 7 nitrogen and oxygen atoms in total. The summed E-state index contributed by atoms with van der Waals surface area (Å²) in [6, 6.07) is 9.29. The van der Waals surface area contributed by atoms with Gasteiger partial charge in [0.05, 0.1) is 7.11 Å². The van der Waals surface area contributed by atoms with E-state index in [1.165, 1.54) is 7.11 Å². The lowest BCUT2D eigenvalue weighted by Crippen LogP contribution is -2.09. The van der Waals surface area contributed by atoms with Gasteiger partial charge in [-0.05, 0) is 31.2 Å². The molecule has 0 amide bonds. The maximum Gasteiger partial charge on any atom is 0.342 e. The molecule has 0 N–H and O–H groups in total. The Morgan fingerprint density at radius 2 is 1.77 bits per heavy atom. The van der Waals surface area contributed by atoms with E-state index in [0.717, 1.165) is 16.8 Å². The first-order valence-corrected chi connectivity index (χ1v) is 7.98. The van der Waals surface area contributed by atoms with E-state index in [0.29, 0.717) is 22.6 Å². The van der Waals surface area contributed by atoms with Crippen molar-refractivity contribution in [2.24, 2.45) is 0 Å². The molecular weight excluding hydrogens is 330 g/mol. The van der Waals surface area contributed by atoms with Crippen LogP contribution in [0.25, 0.3) is 28.2 Å². The van der Waals surface area contributed by atoms with Crippen LogP contribution in [0.4, 0.5) is 0 Å². The SMILES string of the molecule is COC(=O)c1c(-c2cccnc2)cc(C)n2nc(-c3cccnc3)nc12. The highest BCUT2D eigenvalue weighted by atomic mass is 16.5. The molecule has 4 aromatic heterocycles. The Hall–Kier alpha value is -3.61. The lowest BCUT2D eigenvalue weighted by molar-refractivity contribution is 0.0603. The van der Waals surface area contributed by atoms with E-state index in [-0.39, 0.29) is 0 Å². The predicted octanol–water partition coefficient (Wildman–Crippen LogP) is 2.95. The van der Waals surface area contributed by atoms with Gasteiger partial charge in [-0.2, -0.15) is 0 Å². The lowest BCUT2D eigenvalue weighted by Gasteiger charge is -2.10. The van der Waals surface area contributed by atoms with Crippen LogP contribution in [0, 0.1) is 6.92 Å². The summed E-state index contributed by atoms with van der Waals surface area (Å²) in [6.45, 7) is 1.91. The van der Waals surface area contributed by atoms with E-state index in [4.69, 9.17) is 4.74 Å². The molecule has 128 valence electrons. The van der Waals surface area contributed by atoms with Crippen molar-refractivity contribution in [3.05, 3.63) is 66.4 Å². The molecule has 0 fully saturated rings. The zero-order chi connectivity index (χ0) is 18.1. The third kappa shape index (κ3) is 2.59. The first-order chi connectivity index (χ1) is 12.7. The number of hydrogen-bond donors (Lipinski definition) is 0. The zero-order valence-electron chi connectivity index (χ0n) is 14.2. The van der Waals surface area contributed by atoms with Gasteiger partial charge in [0.1, 0.15) is 5.56 Å². The van der Waals surface area contributed by atoms with Gasteiger partial charge >= 0.3 is 5.97 Å². The number of aromatic nitrogens is 5. The Bertz CT molecular complexity index is 1090. The molecule has 0 saturated heterocycles. The molecule has 0 unspecified atom stereocenters. The number of hydrogen-bond acceptors (Lipinski definition) is 6. The first-order valence-electron chi connectivity index (χ1n) is 7.98. The van der Waals surface area contributed by atoms with E-state index in [1.807, 2.05) is 37.3 Å². The van der Waals surface area contributed by atoms with E-state index in [9.17, 15) is 4.79 Å². The molecule has 0 aliphatic carbocycles. The van der Waals surface area contributed by atoms with Gasteiger partial charge in [-0.15, -0.1) is 5.10 Å². The predicted molar refractivity (Wildman–Crippen MR) is 95.5 cm³/mol. The average Bonchev–Trinajstić information content (AvgIpc) is 3.14. The van der Waals surface area contributed by atoms with E-state index in [1.54, 1.807) is 29.3 Å². The normalized spacial score (nSPS) is 10.8. The zero-order valence-corrected chi connectivity index (χ0v) is 14.2. The van der Waals surface area contributed by atoms with Gasteiger partial charge in [-0.1, -0.05) is 6.07 Å². The van der Waals surface area contributed by atoms with Crippen molar-refractivity contribution in [3.63, 3.8) is 0 Å². The van der Waals surface area contributed by atoms with Gasteiger partial charge in [-0.25, -0.2) is 14.3 Å². The molecule has 0 aliphatic heterocycles. The van der Waals surface area contributed by atoms with Crippen LogP contribution in [-0.4, -0.2) is 37.6 Å². The summed E-state index contributed by atoms with van der Waals surface area (Å²) in [5, 5.41) is 4.54. The van der Waals surface area contributed by atoms with Gasteiger partial charge < -0.3 is 4.74 Å². The minimum absolute atomic E-state index is 0.355. The van der Waals surface area contributed by atoms with Crippen molar-refractivity contribution in [1.82, 2.24) is 24.6 Å². The standard InChI is InChI=1S/C19H15N5O2/c1-12-9-15(13-5-3-7-20-10-13)16(19(25)26-2)18-22-17(23-24(12)18)14-6-4-8-21-11-14/h3-11H,1-2H3. The van der Waals surface area contributed by atoms with E-state index >= 15 is 0 Å². The molecule has 26 heavy (non-hydrogen) atoms. The fraction of sp³-hybridized carbons (Fsp3) is 0.105. The van der Waals surface area contributed by atoms with Gasteiger partial charge in [0.2, 0.25) is 0 Å². The summed E-state index contributed by atoms with van der Waals surface area (Å²) in [6.07, 6.45) is 6.76. The van der Waals surface area contributed by atoms with Crippen LogP contribution in [0.3, 0.4) is 0 Å². The molecule has 4 heterocycles.